The highest BCUT2D eigenvalue weighted by Crippen LogP contribution is 2.31. The summed E-state index contributed by atoms with van der Waals surface area (Å²) in [6.45, 7) is 3.78. The van der Waals surface area contributed by atoms with Gasteiger partial charge in [-0.1, -0.05) is 6.07 Å². The van der Waals surface area contributed by atoms with Gasteiger partial charge in [0.1, 0.15) is 29.7 Å². The fraction of sp³-hybridized carbons (Fsp3) is 0.240. The number of nitriles is 1. The molecule has 0 aliphatic carbocycles. The van der Waals surface area contributed by atoms with Crippen LogP contribution >= 0.6 is 0 Å². The van der Waals surface area contributed by atoms with Crippen molar-refractivity contribution >= 4 is 12.0 Å². The van der Waals surface area contributed by atoms with Gasteiger partial charge in [0, 0.05) is 11.3 Å². The minimum absolute atomic E-state index is 0.0435. The van der Waals surface area contributed by atoms with Crippen LogP contribution in [0.5, 0.6) is 23.0 Å². The molecule has 0 saturated carbocycles. The molecule has 33 heavy (non-hydrogen) atoms. The highest BCUT2D eigenvalue weighted by atomic mass is 16.5. The van der Waals surface area contributed by atoms with E-state index in [0.29, 0.717) is 39.9 Å². The predicted octanol–water partition coefficient (Wildman–Crippen LogP) is 4.35. The summed E-state index contributed by atoms with van der Waals surface area (Å²) < 4.78 is 23.3. The Hall–Kier alpha value is -4.25. The standard InChI is InChI=1S/C25H25N3O5/c1-16-10-17(2)28(27-16)25(29)19(14-26)11-18-6-8-23(24(12-18)32-5)33-15-20-13-21(30-3)7-9-22(20)31-4/h6-13H,15H2,1-5H3/b19-11+. The first-order valence-corrected chi connectivity index (χ1v) is 10.1. The predicted molar refractivity (Wildman–Crippen MR) is 123 cm³/mol. The average molecular weight is 447 g/mol. The number of ether oxygens (including phenoxy) is 4. The fourth-order valence-electron chi connectivity index (χ4n) is 3.30. The highest BCUT2D eigenvalue weighted by molar-refractivity contribution is 6.03. The molecule has 3 aromatic rings. The summed E-state index contributed by atoms with van der Waals surface area (Å²) >= 11 is 0. The van der Waals surface area contributed by atoms with Crippen molar-refractivity contribution in [3.8, 4) is 29.1 Å². The second-order valence-corrected chi connectivity index (χ2v) is 7.19. The molecule has 8 heteroatoms. The molecular weight excluding hydrogens is 422 g/mol. The van der Waals surface area contributed by atoms with Gasteiger partial charge in [0.2, 0.25) is 0 Å². The third kappa shape index (κ3) is 5.33. The summed E-state index contributed by atoms with van der Waals surface area (Å²) in [6, 6.07) is 14.4. The molecule has 0 aliphatic heterocycles. The lowest BCUT2D eigenvalue weighted by molar-refractivity contribution is 0.0943. The second-order valence-electron chi connectivity index (χ2n) is 7.19. The van der Waals surface area contributed by atoms with Crippen LogP contribution in [0.25, 0.3) is 6.08 Å². The van der Waals surface area contributed by atoms with Crippen molar-refractivity contribution in [3.05, 3.63) is 70.6 Å². The van der Waals surface area contributed by atoms with Crippen LogP contribution in [-0.4, -0.2) is 37.0 Å². The molecular formula is C25H25N3O5. The topological polar surface area (TPSA) is 95.6 Å². The number of nitrogens with zero attached hydrogens (tertiary/aromatic N) is 3. The third-order valence-electron chi connectivity index (χ3n) is 4.92. The van der Waals surface area contributed by atoms with Crippen molar-refractivity contribution in [2.24, 2.45) is 0 Å². The zero-order valence-corrected chi connectivity index (χ0v) is 19.2. The van der Waals surface area contributed by atoms with Crippen LogP contribution in [0.1, 0.15) is 27.3 Å². The second kappa shape index (κ2) is 10.4. The van der Waals surface area contributed by atoms with Gasteiger partial charge < -0.3 is 18.9 Å². The van der Waals surface area contributed by atoms with Gasteiger partial charge in [-0.05, 0) is 61.9 Å². The number of rotatable bonds is 8. The van der Waals surface area contributed by atoms with Crippen molar-refractivity contribution in [1.29, 1.82) is 5.26 Å². The number of allylic oxidation sites excluding steroid dienone is 1. The number of aromatic nitrogens is 2. The van der Waals surface area contributed by atoms with Crippen molar-refractivity contribution in [3.63, 3.8) is 0 Å². The summed E-state index contributed by atoms with van der Waals surface area (Å²) in [7, 11) is 4.71. The van der Waals surface area contributed by atoms with Gasteiger partial charge in [0.15, 0.2) is 11.5 Å². The molecule has 0 radical (unpaired) electrons. The van der Waals surface area contributed by atoms with E-state index in [1.807, 2.05) is 24.3 Å². The molecule has 0 saturated heterocycles. The van der Waals surface area contributed by atoms with E-state index in [-0.39, 0.29) is 12.2 Å². The van der Waals surface area contributed by atoms with Crippen LogP contribution < -0.4 is 18.9 Å². The highest BCUT2D eigenvalue weighted by Gasteiger charge is 2.16. The maximum Gasteiger partial charge on any atom is 0.289 e. The Bertz CT molecular complexity index is 1240. The first kappa shape index (κ1) is 23.4. The molecule has 3 rings (SSSR count). The largest absolute Gasteiger partial charge is 0.497 e. The molecule has 1 heterocycles. The normalized spacial score (nSPS) is 11.0. The van der Waals surface area contributed by atoms with Crippen molar-refractivity contribution in [1.82, 2.24) is 9.78 Å². The molecule has 0 aliphatic rings. The molecule has 2 aromatic carbocycles. The lowest BCUT2D eigenvalue weighted by Gasteiger charge is -2.14. The van der Waals surface area contributed by atoms with Gasteiger partial charge in [-0.25, -0.2) is 4.68 Å². The quantitative estimate of drug-likeness (QED) is 0.374. The minimum atomic E-state index is -0.493. The Morgan fingerprint density at radius 2 is 1.73 bits per heavy atom. The van der Waals surface area contributed by atoms with E-state index in [4.69, 9.17) is 18.9 Å². The molecule has 1 aromatic heterocycles. The molecule has 0 unspecified atom stereocenters. The first-order valence-electron chi connectivity index (χ1n) is 10.1. The van der Waals surface area contributed by atoms with E-state index in [0.717, 1.165) is 5.56 Å². The number of carbonyl (C=O) groups excluding carboxylic acids is 1. The van der Waals surface area contributed by atoms with Crippen molar-refractivity contribution < 1.29 is 23.7 Å². The number of methoxy groups -OCH3 is 3. The van der Waals surface area contributed by atoms with Gasteiger partial charge in [0.05, 0.1) is 27.0 Å². The number of aryl methyl sites for hydroxylation is 2. The first-order chi connectivity index (χ1) is 15.9. The summed E-state index contributed by atoms with van der Waals surface area (Å²) in [5, 5.41) is 13.7. The van der Waals surface area contributed by atoms with Crippen LogP contribution in [0.3, 0.4) is 0 Å². The summed E-state index contributed by atoms with van der Waals surface area (Å²) in [5.74, 6) is 1.84. The molecule has 0 fully saturated rings. The van der Waals surface area contributed by atoms with Gasteiger partial charge in [-0.2, -0.15) is 10.4 Å². The Morgan fingerprint density at radius 3 is 2.33 bits per heavy atom. The van der Waals surface area contributed by atoms with Crippen LogP contribution in [0, 0.1) is 25.2 Å². The van der Waals surface area contributed by atoms with E-state index >= 15 is 0 Å². The van der Waals surface area contributed by atoms with Gasteiger partial charge >= 0.3 is 0 Å². The third-order valence-corrected chi connectivity index (χ3v) is 4.92. The van der Waals surface area contributed by atoms with E-state index in [9.17, 15) is 10.1 Å². The number of hydrogen-bond acceptors (Lipinski definition) is 7. The van der Waals surface area contributed by atoms with Crippen LogP contribution in [-0.2, 0) is 6.61 Å². The van der Waals surface area contributed by atoms with Crippen LogP contribution in [0.2, 0.25) is 0 Å². The SMILES string of the molecule is COc1ccc(OC)c(COc2ccc(/C=C(\C#N)C(=O)n3nc(C)cc3C)cc2OC)c1. The van der Waals surface area contributed by atoms with E-state index in [1.165, 1.54) is 17.9 Å². The molecule has 0 spiro atoms. The lowest BCUT2D eigenvalue weighted by atomic mass is 10.1. The van der Waals surface area contributed by atoms with Crippen molar-refractivity contribution in [2.75, 3.05) is 21.3 Å². The summed E-state index contributed by atoms with van der Waals surface area (Å²) in [4.78, 5) is 12.7. The van der Waals surface area contributed by atoms with E-state index in [2.05, 4.69) is 5.10 Å². The Kier molecular flexibility index (Phi) is 7.36. The number of benzene rings is 2. The smallest absolute Gasteiger partial charge is 0.289 e. The van der Waals surface area contributed by atoms with Gasteiger partial charge in [-0.3, -0.25) is 4.79 Å². The Morgan fingerprint density at radius 1 is 1.00 bits per heavy atom. The minimum Gasteiger partial charge on any atom is -0.497 e. The maximum atomic E-state index is 12.7. The van der Waals surface area contributed by atoms with E-state index in [1.54, 1.807) is 52.3 Å². The average Bonchev–Trinajstić information content (AvgIpc) is 3.18. The van der Waals surface area contributed by atoms with Crippen LogP contribution in [0.15, 0.2) is 48.0 Å². The number of carbonyl (C=O) groups is 1. The summed E-state index contributed by atoms with van der Waals surface area (Å²) in [5.41, 5.74) is 2.75. The zero-order chi connectivity index (χ0) is 24.0. The summed E-state index contributed by atoms with van der Waals surface area (Å²) in [6.07, 6.45) is 1.50. The monoisotopic (exact) mass is 447 g/mol. The van der Waals surface area contributed by atoms with Gasteiger partial charge in [0.25, 0.3) is 5.91 Å². The molecule has 0 atom stereocenters. The van der Waals surface area contributed by atoms with Gasteiger partial charge in [-0.15, -0.1) is 0 Å². The molecule has 0 N–H and O–H groups in total. The molecule has 8 nitrogen and oxygen atoms in total. The van der Waals surface area contributed by atoms with E-state index < -0.39 is 5.91 Å². The van der Waals surface area contributed by atoms with Crippen LogP contribution in [0.4, 0.5) is 0 Å². The maximum absolute atomic E-state index is 12.7. The molecule has 0 amide bonds. The fourth-order valence-corrected chi connectivity index (χ4v) is 3.30. The molecule has 170 valence electrons. The molecule has 0 bridgehead atoms. The number of hydrogen-bond donors (Lipinski definition) is 0. The Balaban J connectivity index is 1.84. The Labute approximate surface area is 192 Å². The zero-order valence-electron chi connectivity index (χ0n) is 19.2. The van der Waals surface area contributed by atoms with Crippen molar-refractivity contribution in [2.45, 2.75) is 20.5 Å². The lowest BCUT2D eigenvalue weighted by Crippen LogP contribution is -2.15.